The van der Waals surface area contributed by atoms with E-state index in [0.717, 1.165) is 30.9 Å². The van der Waals surface area contributed by atoms with E-state index in [1.54, 1.807) is 14.0 Å². The summed E-state index contributed by atoms with van der Waals surface area (Å²) in [5, 5.41) is 15.6. The van der Waals surface area contributed by atoms with Crippen molar-refractivity contribution in [3.63, 3.8) is 0 Å². The molecule has 0 saturated carbocycles. The van der Waals surface area contributed by atoms with Crippen LogP contribution in [0.2, 0.25) is 0 Å². The summed E-state index contributed by atoms with van der Waals surface area (Å²) in [4.78, 5) is 33.0. The van der Waals surface area contributed by atoms with E-state index in [1.807, 2.05) is 18.2 Å². The first-order valence-electron chi connectivity index (χ1n) is 10.4. The number of hydrogen-bond donors (Lipinski definition) is 2. The van der Waals surface area contributed by atoms with Crippen LogP contribution in [0.1, 0.15) is 47.2 Å². The molecule has 32 heavy (non-hydrogen) atoms. The van der Waals surface area contributed by atoms with Gasteiger partial charge in [0, 0.05) is 24.3 Å². The van der Waals surface area contributed by atoms with E-state index in [1.165, 1.54) is 24.0 Å². The molecule has 170 valence electrons. The predicted molar refractivity (Wildman–Crippen MR) is 121 cm³/mol. The summed E-state index contributed by atoms with van der Waals surface area (Å²) in [7, 11) is 1.71. The lowest BCUT2D eigenvalue weighted by Gasteiger charge is -2.32. The van der Waals surface area contributed by atoms with Crippen LogP contribution < -0.4 is 4.74 Å². The Bertz CT molecular complexity index is 927. The molecule has 0 aliphatic carbocycles. The lowest BCUT2D eigenvalue weighted by Crippen LogP contribution is -2.32. The molecule has 0 unspecified atom stereocenters. The third-order valence-electron chi connectivity index (χ3n) is 5.29. The molecular formula is C25H29NO6. The Kier molecular flexibility index (Phi) is 9.63. The first-order chi connectivity index (χ1) is 15.3. The molecule has 2 aromatic rings. The van der Waals surface area contributed by atoms with E-state index >= 15 is 0 Å². The van der Waals surface area contributed by atoms with E-state index in [2.05, 4.69) is 35.2 Å². The fraction of sp³-hybridized carbons (Fsp3) is 0.320. The summed E-state index contributed by atoms with van der Waals surface area (Å²) in [6.45, 7) is 4.81. The van der Waals surface area contributed by atoms with Crippen molar-refractivity contribution in [1.82, 2.24) is 4.90 Å². The number of methoxy groups -OCH3 is 1. The first kappa shape index (κ1) is 24.8. The van der Waals surface area contributed by atoms with Crippen LogP contribution in [0, 0.1) is 0 Å². The van der Waals surface area contributed by atoms with Crippen LogP contribution in [-0.4, -0.2) is 53.0 Å². The second kappa shape index (κ2) is 12.4. The van der Waals surface area contributed by atoms with E-state index in [0.29, 0.717) is 18.1 Å². The normalized spacial score (nSPS) is 14.4. The minimum Gasteiger partial charge on any atom is -0.497 e. The molecule has 0 amide bonds. The SMILES string of the molecule is COc1cccc(CN2CCC(c3ccc(C(C)=O)cc3)CC2)c1.O=C(O)/C=C/C(=O)O. The number of likely N-dealkylation sites (tertiary alicyclic amines) is 1. The van der Waals surface area contributed by atoms with Gasteiger partial charge in [0.2, 0.25) is 0 Å². The zero-order valence-corrected chi connectivity index (χ0v) is 18.4. The molecule has 0 radical (unpaired) electrons. The second-order valence-corrected chi connectivity index (χ2v) is 7.59. The van der Waals surface area contributed by atoms with Crippen molar-refractivity contribution in [2.75, 3.05) is 20.2 Å². The number of ether oxygens (including phenoxy) is 1. The van der Waals surface area contributed by atoms with Gasteiger partial charge in [0.1, 0.15) is 5.75 Å². The number of carbonyl (C=O) groups is 3. The molecule has 2 N–H and O–H groups in total. The Morgan fingerprint density at radius 1 is 1.00 bits per heavy atom. The van der Waals surface area contributed by atoms with Gasteiger partial charge in [-0.05, 0) is 62.0 Å². The highest BCUT2D eigenvalue weighted by molar-refractivity contribution is 5.94. The number of piperidine rings is 1. The van der Waals surface area contributed by atoms with Crippen LogP contribution in [0.25, 0.3) is 0 Å². The van der Waals surface area contributed by atoms with Crippen molar-refractivity contribution in [2.24, 2.45) is 0 Å². The van der Waals surface area contributed by atoms with Gasteiger partial charge in [-0.2, -0.15) is 0 Å². The van der Waals surface area contributed by atoms with Gasteiger partial charge < -0.3 is 14.9 Å². The van der Waals surface area contributed by atoms with Crippen molar-refractivity contribution in [3.05, 3.63) is 77.4 Å². The van der Waals surface area contributed by atoms with Crippen LogP contribution in [-0.2, 0) is 16.1 Å². The van der Waals surface area contributed by atoms with E-state index in [-0.39, 0.29) is 5.78 Å². The molecule has 2 aromatic carbocycles. The lowest BCUT2D eigenvalue weighted by molar-refractivity contribution is -0.134. The number of rotatable bonds is 7. The average molecular weight is 440 g/mol. The molecule has 0 bridgehead atoms. The third-order valence-corrected chi connectivity index (χ3v) is 5.29. The predicted octanol–water partition coefficient (Wildman–Crippen LogP) is 3.99. The number of ketones is 1. The summed E-state index contributed by atoms with van der Waals surface area (Å²) in [5.41, 5.74) is 3.47. The second-order valence-electron chi connectivity index (χ2n) is 7.59. The van der Waals surface area contributed by atoms with Gasteiger partial charge in [-0.15, -0.1) is 0 Å². The van der Waals surface area contributed by atoms with Gasteiger partial charge in [0.25, 0.3) is 0 Å². The number of aliphatic carboxylic acids is 2. The van der Waals surface area contributed by atoms with Gasteiger partial charge in [0.15, 0.2) is 5.78 Å². The summed E-state index contributed by atoms with van der Waals surface area (Å²) in [6.07, 6.45) is 3.46. The number of hydrogen-bond acceptors (Lipinski definition) is 5. The first-order valence-corrected chi connectivity index (χ1v) is 10.4. The third kappa shape index (κ3) is 8.35. The van der Waals surface area contributed by atoms with Gasteiger partial charge in [-0.1, -0.05) is 36.4 Å². The summed E-state index contributed by atoms with van der Waals surface area (Å²) in [5.74, 6) is -0.852. The Morgan fingerprint density at radius 2 is 1.59 bits per heavy atom. The number of Topliss-reactive ketones (excluding diaryl/α,β-unsaturated/α-hetero) is 1. The standard InChI is InChI=1S/C21H25NO2.C4H4O4/c1-16(23)18-6-8-19(9-7-18)20-10-12-22(13-11-20)15-17-4-3-5-21(14-17)24-2;5-3(6)1-2-4(7)8/h3-9,14,20H,10-13,15H2,1-2H3;1-2H,(H,5,6)(H,7,8)/b;2-1+. The van der Waals surface area contributed by atoms with E-state index < -0.39 is 11.9 Å². The van der Waals surface area contributed by atoms with Crippen molar-refractivity contribution in [2.45, 2.75) is 32.2 Å². The fourth-order valence-electron chi connectivity index (χ4n) is 3.59. The summed E-state index contributed by atoms with van der Waals surface area (Å²) >= 11 is 0. The number of carboxylic acids is 2. The minimum atomic E-state index is -1.26. The summed E-state index contributed by atoms with van der Waals surface area (Å²) < 4.78 is 5.30. The van der Waals surface area contributed by atoms with E-state index in [9.17, 15) is 14.4 Å². The van der Waals surface area contributed by atoms with Crippen LogP contribution in [0.5, 0.6) is 5.75 Å². The Labute approximate surface area is 187 Å². The highest BCUT2D eigenvalue weighted by Crippen LogP contribution is 2.29. The van der Waals surface area contributed by atoms with Crippen LogP contribution in [0.15, 0.2) is 60.7 Å². The Balaban J connectivity index is 0.000000390. The summed E-state index contributed by atoms with van der Waals surface area (Å²) in [6, 6.07) is 16.5. The molecule has 3 rings (SSSR count). The molecule has 0 atom stereocenters. The van der Waals surface area contributed by atoms with Gasteiger partial charge >= 0.3 is 11.9 Å². The highest BCUT2D eigenvalue weighted by atomic mass is 16.5. The Morgan fingerprint density at radius 3 is 2.09 bits per heavy atom. The maximum absolute atomic E-state index is 11.4. The molecule has 0 aromatic heterocycles. The van der Waals surface area contributed by atoms with Crippen LogP contribution >= 0.6 is 0 Å². The van der Waals surface area contributed by atoms with Gasteiger partial charge in [-0.25, -0.2) is 9.59 Å². The highest BCUT2D eigenvalue weighted by Gasteiger charge is 2.20. The molecule has 1 aliphatic rings. The minimum absolute atomic E-state index is 0.134. The Hall–Kier alpha value is -3.45. The quantitative estimate of drug-likeness (QED) is 0.496. The molecule has 1 saturated heterocycles. The largest absolute Gasteiger partial charge is 0.497 e. The fourth-order valence-corrected chi connectivity index (χ4v) is 3.59. The number of nitrogens with zero attached hydrogens (tertiary/aromatic N) is 1. The number of carboxylic acid groups (broad SMARTS) is 2. The van der Waals surface area contributed by atoms with Crippen LogP contribution in [0.4, 0.5) is 0 Å². The molecule has 0 spiro atoms. The van der Waals surface area contributed by atoms with Crippen molar-refractivity contribution < 1.29 is 29.3 Å². The van der Waals surface area contributed by atoms with Gasteiger partial charge in [0.05, 0.1) is 7.11 Å². The van der Waals surface area contributed by atoms with Crippen molar-refractivity contribution in [3.8, 4) is 5.75 Å². The molecule has 7 nitrogen and oxygen atoms in total. The van der Waals surface area contributed by atoms with Crippen molar-refractivity contribution in [1.29, 1.82) is 0 Å². The molecule has 1 heterocycles. The monoisotopic (exact) mass is 439 g/mol. The number of carbonyl (C=O) groups excluding carboxylic acids is 1. The molecular weight excluding hydrogens is 410 g/mol. The number of benzene rings is 2. The van der Waals surface area contributed by atoms with Crippen LogP contribution in [0.3, 0.4) is 0 Å². The maximum Gasteiger partial charge on any atom is 0.328 e. The molecule has 1 fully saturated rings. The zero-order valence-electron chi connectivity index (χ0n) is 18.4. The average Bonchev–Trinajstić information content (AvgIpc) is 2.79. The topological polar surface area (TPSA) is 104 Å². The van der Waals surface area contributed by atoms with Gasteiger partial charge in [-0.3, -0.25) is 9.69 Å². The smallest absolute Gasteiger partial charge is 0.328 e. The zero-order chi connectivity index (χ0) is 23.5. The van der Waals surface area contributed by atoms with Crippen molar-refractivity contribution >= 4 is 17.7 Å². The molecule has 7 heteroatoms. The van der Waals surface area contributed by atoms with E-state index in [4.69, 9.17) is 14.9 Å². The maximum atomic E-state index is 11.4. The lowest BCUT2D eigenvalue weighted by atomic mass is 9.88. The molecule has 1 aliphatic heterocycles.